The van der Waals surface area contributed by atoms with Gasteiger partial charge in [-0.25, -0.2) is 4.79 Å². The van der Waals surface area contributed by atoms with E-state index in [-0.39, 0.29) is 5.97 Å². The molecule has 0 bridgehead atoms. The summed E-state index contributed by atoms with van der Waals surface area (Å²) in [4.78, 5) is 14.6. The van der Waals surface area contributed by atoms with Crippen molar-refractivity contribution in [2.45, 2.75) is 13.2 Å². The number of anilines is 2. The monoisotopic (exact) mass is 466 g/mol. The Balaban J connectivity index is 1.46. The van der Waals surface area contributed by atoms with Crippen LogP contribution in [0.5, 0.6) is 5.75 Å². The topological polar surface area (TPSA) is 60.0 Å². The van der Waals surface area contributed by atoms with E-state index in [4.69, 9.17) is 25.8 Å². The van der Waals surface area contributed by atoms with Crippen LogP contribution >= 0.6 is 11.6 Å². The molecule has 1 saturated heterocycles. The largest absolute Gasteiger partial charge is 0.489 e. The fraction of sp³-hybridized carbons (Fsp3) is 0.269. The molecule has 1 fully saturated rings. The van der Waals surface area contributed by atoms with Crippen molar-refractivity contribution in [1.82, 2.24) is 0 Å². The van der Waals surface area contributed by atoms with E-state index in [0.717, 1.165) is 41.3 Å². The first-order chi connectivity index (χ1) is 16.1. The van der Waals surface area contributed by atoms with Gasteiger partial charge in [0, 0.05) is 35.9 Å². The highest BCUT2D eigenvalue weighted by molar-refractivity contribution is 6.30. The number of hydrogen-bond donors (Lipinski definition) is 1. The van der Waals surface area contributed by atoms with Gasteiger partial charge in [-0.05, 0) is 42.0 Å². The smallest absolute Gasteiger partial charge is 0.340 e. The van der Waals surface area contributed by atoms with Gasteiger partial charge < -0.3 is 24.4 Å². The predicted octanol–water partition coefficient (Wildman–Crippen LogP) is 5.15. The average molecular weight is 467 g/mol. The second-order valence-corrected chi connectivity index (χ2v) is 8.14. The summed E-state index contributed by atoms with van der Waals surface area (Å²) in [5.41, 5.74) is 4.30. The first kappa shape index (κ1) is 23.0. The van der Waals surface area contributed by atoms with Crippen LogP contribution in [-0.2, 0) is 22.6 Å². The third-order valence-electron chi connectivity index (χ3n) is 5.52. The average Bonchev–Trinajstić information content (AvgIpc) is 2.87. The molecule has 0 spiro atoms. The molecule has 0 unspecified atom stereocenters. The lowest BCUT2D eigenvalue weighted by atomic mass is 10.1. The zero-order chi connectivity index (χ0) is 23.0. The fourth-order valence-corrected chi connectivity index (χ4v) is 3.86. The van der Waals surface area contributed by atoms with E-state index in [9.17, 15) is 4.79 Å². The van der Waals surface area contributed by atoms with Crippen LogP contribution in [0.4, 0.5) is 11.4 Å². The number of rotatable bonds is 8. The third-order valence-corrected chi connectivity index (χ3v) is 5.77. The van der Waals surface area contributed by atoms with Gasteiger partial charge >= 0.3 is 5.97 Å². The summed E-state index contributed by atoms with van der Waals surface area (Å²) in [5, 5.41) is 4.11. The summed E-state index contributed by atoms with van der Waals surface area (Å²) in [6, 6.07) is 21.3. The number of carbonyl (C=O) groups excluding carboxylic acids is 1. The second-order valence-electron chi connectivity index (χ2n) is 7.70. The standard InChI is InChI=1S/C26H27ClN2O4/c1-31-26(30)23-16-22(10-11-24(23)29-12-14-32-15-13-29)28-17-20-4-2-3-5-25(20)33-18-19-6-8-21(27)9-7-19/h2-11,16,28H,12-15,17-18H2,1H3. The SMILES string of the molecule is COC(=O)c1cc(NCc2ccccc2OCc2ccc(Cl)cc2)ccc1N1CCOCC1. The van der Waals surface area contributed by atoms with Crippen molar-refractivity contribution in [3.8, 4) is 5.75 Å². The number of para-hydroxylation sites is 1. The molecule has 0 atom stereocenters. The molecular weight excluding hydrogens is 440 g/mol. The van der Waals surface area contributed by atoms with Gasteiger partial charge in [0.25, 0.3) is 0 Å². The summed E-state index contributed by atoms with van der Waals surface area (Å²) in [6.45, 7) is 3.79. The lowest BCUT2D eigenvalue weighted by molar-refractivity contribution is 0.0600. The van der Waals surface area contributed by atoms with Gasteiger partial charge in [-0.3, -0.25) is 0 Å². The van der Waals surface area contributed by atoms with Crippen LogP contribution in [0.25, 0.3) is 0 Å². The van der Waals surface area contributed by atoms with E-state index < -0.39 is 0 Å². The molecule has 0 saturated carbocycles. The zero-order valence-electron chi connectivity index (χ0n) is 18.6. The highest BCUT2D eigenvalue weighted by Crippen LogP contribution is 2.27. The van der Waals surface area contributed by atoms with Crippen LogP contribution in [0.1, 0.15) is 21.5 Å². The summed E-state index contributed by atoms with van der Waals surface area (Å²) in [6.07, 6.45) is 0. The van der Waals surface area contributed by atoms with E-state index in [1.807, 2.05) is 66.7 Å². The fourth-order valence-electron chi connectivity index (χ4n) is 3.73. The molecule has 4 rings (SSSR count). The maximum atomic E-state index is 12.5. The van der Waals surface area contributed by atoms with Crippen LogP contribution < -0.4 is 15.0 Å². The summed E-state index contributed by atoms with van der Waals surface area (Å²) >= 11 is 5.96. The van der Waals surface area contributed by atoms with E-state index >= 15 is 0 Å². The van der Waals surface area contributed by atoms with Crippen molar-refractivity contribution in [1.29, 1.82) is 0 Å². The summed E-state index contributed by atoms with van der Waals surface area (Å²) < 4.78 is 16.5. The van der Waals surface area contributed by atoms with Crippen LogP contribution in [-0.4, -0.2) is 39.4 Å². The van der Waals surface area contributed by atoms with Crippen molar-refractivity contribution >= 4 is 28.9 Å². The number of hydrogen-bond acceptors (Lipinski definition) is 6. The van der Waals surface area contributed by atoms with E-state index in [2.05, 4.69) is 10.2 Å². The number of benzene rings is 3. The number of ether oxygens (including phenoxy) is 3. The molecule has 6 nitrogen and oxygen atoms in total. The Labute approximate surface area is 199 Å². The molecule has 33 heavy (non-hydrogen) atoms. The number of esters is 1. The van der Waals surface area contributed by atoms with Gasteiger partial charge in [0.15, 0.2) is 0 Å². The van der Waals surface area contributed by atoms with Crippen molar-refractivity contribution in [2.24, 2.45) is 0 Å². The third kappa shape index (κ3) is 5.97. The zero-order valence-corrected chi connectivity index (χ0v) is 19.3. The minimum absolute atomic E-state index is 0.355. The van der Waals surface area contributed by atoms with Crippen molar-refractivity contribution in [3.05, 3.63) is 88.4 Å². The summed E-state index contributed by atoms with van der Waals surface area (Å²) in [7, 11) is 1.40. The highest BCUT2D eigenvalue weighted by Gasteiger charge is 2.20. The van der Waals surface area contributed by atoms with E-state index in [1.54, 1.807) is 0 Å². The normalized spacial score (nSPS) is 13.5. The molecule has 172 valence electrons. The number of morpholine rings is 1. The van der Waals surface area contributed by atoms with Crippen molar-refractivity contribution in [3.63, 3.8) is 0 Å². The molecule has 1 aliphatic heterocycles. The van der Waals surface area contributed by atoms with Gasteiger partial charge in [-0.15, -0.1) is 0 Å². The molecule has 0 aromatic heterocycles. The molecule has 0 amide bonds. The maximum Gasteiger partial charge on any atom is 0.340 e. The van der Waals surface area contributed by atoms with Gasteiger partial charge in [-0.1, -0.05) is 41.9 Å². The Kier molecular flexibility index (Phi) is 7.70. The minimum Gasteiger partial charge on any atom is -0.489 e. The first-order valence-corrected chi connectivity index (χ1v) is 11.3. The van der Waals surface area contributed by atoms with Crippen LogP contribution in [0, 0.1) is 0 Å². The van der Waals surface area contributed by atoms with E-state index in [0.29, 0.717) is 37.0 Å². The molecule has 3 aromatic carbocycles. The van der Waals surface area contributed by atoms with Crippen molar-refractivity contribution < 1.29 is 19.0 Å². The molecule has 0 aliphatic carbocycles. The lowest BCUT2D eigenvalue weighted by Crippen LogP contribution is -2.37. The number of carbonyl (C=O) groups is 1. The Hall–Kier alpha value is -3.22. The molecule has 0 radical (unpaired) electrons. The Bertz CT molecular complexity index is 1080. The quantitative estimate of drug-likeness (QED) is 0.463. The number of nitrogens with zero attached hydrogens (tertiary/aromatic N) is 1. The lowest BCUT2D eigenvalue weighted by Gasteiger charge is -2.30. The van der Waals surface area contributed by atoms with Crippen LogP contribution in [0.3, 0.4) is 0 Å². The molecule has 7 heteroatoms. The second kappa shape index (κ2) is 11.1. The van der Waals surface area contributed by atoms with Crippen molar-refractivity contribution in [2.75, 3.05) is 43.6 Å². The van der Waals surface area contributed by atoms with Crippen LogP contribution in [0.15, 0.2) is 66.7 Å². The molecule has 1 aliphatic rings. The molecule has 3 aromatic rings. The minimum atomic E-state index is -0.355. The number of methoxy groups -OCH3 is 1. The van der Waals surface area contributed by atoms with Crippen LogP contribution in [0.2, 0.25) is 5.02 Å². The Morgan fingerprint density at radius 1 is 1.06 bits per heavy atom. The van der Waals surface area contributed by atoms with Gasteiger partial charge in [0.05, 0.1) is 31.6 Å². The maximum absolute atomic E-state index is 12.5. The number of halogens is 1. The van der Waals surface area contributed by atoms with E-state index in [1.165, 1.54) is 7.11 Å². The molecule has 1 heterocycles. The van der Waals surface area contributed by atoms with Gasteiger partial charge in [0.1, 0.15) is 12.4 Å². The van der Waals surface area contributed by atoms with Gasteiger partial charge in [0.2, 0.25) is 0 Å². The number of nitrogens with one attached hydrogen (secondary N) is 1. The summed E-state index contributed by atoms with van der Waals surface area (Å²) in [5.74, 6) is 0.449. The highest BCUT2D eigenvalue weighted by atomic mass is 35.5. The Morgan fingerprint density at radius 3 is 2.58 bits per heavy atom. The molecule has 1 N–H and O–H groups in total. The predicted molar refractivity (Wildman–Crippen MR) is 130 cm³/mol. The van der Waals surface area contributed by atoms with Gasteiger partial charge in [-0.2, -0.15) is 0 Å². The Morgan fingerprint density at radius 2 is 1.82 bits per heavy atom. The molecular formula is C26H27ClN2O4. The first-order valence-electron chi connectivity index (χ1n) is 10.9.